The van der Waals surface area contributed by atoms with E-state index < -0.39 is 0 Å². The Balaban J connectivity index is 2.98. The molecule has 0 spiro atoms. The highest BCUT2D eigenvalue weighted by Crippen LogP contribution is 1.86. The van der Waals surface area contributed by atoms with Gasteiger partial charge >= 0.3 is 0 Å². The minimum absolute atomic E-state index is 0.533. The van der Waals surface area contributed by atoms with Crippen LogP contribution in [-0.4, -0.2) is 133 Å². The Bertz CT molecular complexity index is 293. The molecule has 194 valence electrons. The second-order valence-corrected chi connectivity index (χ2v) is 6.50. The topological polar surface area (TPSA) is 92.3 Å². The molecular formula is C22H46O10. The van der Waals surface area contributed by atoms with Crippen LogP contribution in [0, 0.1) is 0 Å². The van der Waals surface area contributed by atoms with Crippen molar-refractivity contribution >= 4 is 0 Å². The molecular weight excluding hydrogens is 424 g/mol. The Morgan fingerprint density at radius 3 is 0.656 bits per heavy atom. The van der Waals surface area contributed by atoms with Gasteiger partial charge in [0.15, 0.2) is 0 Å². The average Bonchev–Trinajstić information content (AvgIpc) is 2.81. The highest BCUT2D eigenvalue weighted by Gasteiger charge is 1.95. The molecule has 0 aliphatic rings. The predicted molar refractivity (Wildman–Crippen MR) is 120 cm³/mol. The van der Waals surface area contributed by atoms with Gasteiger partial charge in [-0.1, -0.05) is 6.92 Å². The van der Waals surface area contributed by atoms with Crippen LogP contribution in [0.2, 0.25) is 0 Å². The largest absolute Gasteiger partial charge is 0.382 e. The molecule has 0 bridgehead atoms. The summed E-state index contributed by atoms with van der Waals surface area (Å²) in [4.78, 5) is 0. The van der Waals surface area contributed by atoms with E-state index in [2.05, 4.69) is 6.92 Å². The van der Waals surface area contributed by atoms with E-state index in [1.807, 2.05) is 0 Å². The molecule has 32 heavy (non-hydrogen) atoms. The first-order chi connectivity index (χ1) is 15.9. The molecule has 0 radical (unpaired) electrons. The van der Waals surface area contributed by atoms with Crippen molar-refractivity contribution in [2.75, 3.05) is 133 Å². The van der Waals surface area contributed by atoms with E-state index in [1.54, 1.807) is 7.11 Å². The number of rotatable bonds is 29. The van der Waals surface area contributed by atoms with Crippen LogP contribution in [0.5, 0.6) is 0 Å². The zero-order chi connectivity index (χ0) is 23.2. The van der Waals surface area contributed by atoms with E-state index in [0.717, 1.165) is 13.0 Å². The van der Waals surface area contributed by atoms with Crippen LogP contribution in [0.25, 0.3) is 0 Å². The number of hydrogen-bond acceptors (Lipinski definition) is 10. The van der Waals surface area contributed by atoms with Crippen LogP contribution in [-0.2, 0) is 47.4 Å². The quantitative estimate of drug-likeness (QED) is 0.148. The minimum Gasteiger partial charge on any atom is -0.382 e. The molecule has 0 heterocycles. The van der Waals surface area contributed by atoms with E-state index in [0.29, 0.717) is 119 Å². The van der Waals surface area contributed by atoms with Crippen LogP contribution in [0.4, 0.5) is 0 Å². The van der Waals surface area contributed by atoms with Gasteiger partial charge in [-0.25, -0.2) is 0 Å². The van der Waals surface area contributed by atoms with Gasteiger partial charge in [0, 0.05) is 13.7 Å². The molecule has 0 N–H and O–H groups in total. The first kappa shape index (κ1) is 31.6. The van der Waals surface area contributed by atoms with Gasteiger partial charge in [-0.2, -0.15) is 0 Å². The van der Waals surface area contributed by atoms with Crippen molar-refractivity contribution in [3.8, 4) is 0 Å². The molecule has 0 fully saturated rings. The summed E-state index contributed by atoms with van der Waals surface area (Å²) in [6.07, 6.45) is 1.03. The summed E-state index contributed by atoms with van der Waals surface area (Å²) in [5, 5.41) is 0. The molecule has 0 unspecified atom stereocenters. The molecule has 0 aromatic rings. The maximum Gasteiger partial charge on any atom is 0.0701 e. The Labute approximate surface area is 194 Å². The smallest absolute Gasteiger partial charge is 0.0701 e. The van der Waals surface area contributed by atoms with Gasteiger partial charge in [-0.15, -0.1) is 0 Å². The van der Waals surface area contributed by atoms with Crippen LogP contribution in [0.15, 0.2) is 0 Å². The van der Waals surface area contributed by atoms with E-state index in [-0.39, 0.29) is 0 Å². The lowest BCUT2D eigenvalue weighted by Gasteiger charge is -2.08. The predicted octanol–water partition coefficient (Wildman–Crippen LogP) is 1.19. The number of hydrogen-bond donors (Lipinski definition) is 0. The Morgan fingerprint density at radius 1 is 0.281 bits per heavy atom. The second-order valence-electron chi connectivity index (χ2n) is 6.50. The van der Waals surface area contributed by atoms with Crippen molar-refractivity contribution in [1.29, 1.82) is 0 Å². The van der Waals surface area contributed by atoms with E-state index >= 15 is 0 Å². The molecule has 0 saturated carbocycles. The molecule has 10 nitrogen and oxygen atoms in total. The van der Waals surface area contributed by atoms with Gasteiger partial charge in [0.2, 0.25) is 0 Å². The summed E-state index contributed by atoms with van der Waals surface area (Å²) in [5.41, 5.74) is 0. The molecule has 0 amide bonds. The highest BCUT2D eigenvalue weighted by atomic mass is 16.6. The number of methoxy groups -OCH3 is 1. The van der Waals surface area contributed by atoms with Gasteiger partial charge in [-0.05, 0) is 6.42 Å². The Hall–Kier alpha value is -0.400. The summed E-state index contributed by atoms with van der Waals surface area (Å²) in [5.74, 6) is 0. The monoisotopic (exact) mass is 470 g/mol. The summed E-state index contributed by atoms with van der Waals surface area (Å²) < 4.78 is 53.4. The van der Waals surface area contributed by atoms with Crippen molar-refractivity contribution in [3.63, 3.8) is 0 Å². The van der Waals surface area contributed by atoms with Gasteiger partial charge in [0.1, 0.15) is 0 Å². The van der Waals surface area contributed by atoms with Crippen molar-refractivity contribution in [1.82, 2.24) is 0 Å². The standard InChI is InChI=1S/C22H46O10/c1-3-4-24-7-8-26-11-12-28-15-16-30-19-20-32-22-21-31-18-17-29-14-13-27-10-9-25-6-5-23-2/h3-22H2,1-2H3. The first-order valence-electron chi connectivity index (χ1n) is 11.6. The summed E-state index contributed by atoms with van der Waals surface area (Å²) in [6, 6.07) is 0. The lowest BCUT2D eigenvalue weighted by molar-refractivity contribution is -0.0258. The SMILES string of the molecule is CCCOCCOCCOCCOCCOCCOCCOCCOCCOCCOC. The fourth-order valence-electron chi connectivity index (χ4n) is 2.15. The molecule has 0 aromatic heterocycles. The van der Waals surface area contributed by atoms with Gasteiger partial charge < -0.3 is 47.4 Å². The Kier molecular flexibility index (Phi) is 30.2. The van der Waals surface area contributed by atoms with E-state index in [9.17, 15) is 0 Å². The zero-order valence-electron chi connectivity index (χ0n) is 20.2. The maximum atomic E-state index is 5.44. The second kappa shape index (κ2) is 30.6. The maximum absolute atomic E-state index is 5.44. The molecule has 0 rings (SSSR count). The third-order valence-corrected chi connectivity index (χ3v) is 3.76. The van der Waals surface area contributed by atoms with Gasteiger partial charge in [0.25, 0.3) is 0 Å². The van der Waals surface area contributed by atoms with Crippen molar-refractivity contribution in [2.24, 2.45) is 0 Å². The van der Waals surface area contributed by atoms with Crippen LogP contribution >= 0.6 is 0 Å². The normalized spacial score (nSPS) is 11.4. The third-order valence-electron chi connectivity index (χ3n) is 3.76. The molecule has 10 heteroatoms. The minimum atomic E-state index is 0.533. The van der Waals surface area contributed by atoms with Crippen LogP contribution in [0.1, 0.15) is 13.3 Å². The van der Waals surface area contributed by atoms with Crippen molar-refractivity contribution in [2.45, 2.75) is 13.3 Å². The molecule has 0 aliphatic carbocycles. The van der Waals surface area contributed by atoms with Crippen LogP contribution < -0.4 is 0 Å². The lowest BCUT2D eigenvalue weighted by atomic mass is 10.5. The molecule has 0 atom stereocenters. The van der Waals surface area contributed by atoms with E-state index in [1.165, 1.54) is 0 Å². The van der Waals surface area contributed by atoms with Crippen molar-refractivity contribution < 1.29 is 47.4 Å². The van der Waals surface area contributed by atoms with Crippen molar-refractivity contribution in [3.05, 3.63) is 0 Å². The third kappa shape index (κ3) is 29.6. The number of ether oxygens (including phenoxy) is 10. The Morgan fingerprint density at radius 2 is 0.469 bits per heavy atom. The molecule has 0 aliphatic heterocycles. The first-order valence-corrected chi connectivity index (χ1v) is 11.6. The summed E-state index contributed by atoms with van der Waals surface area (Å²) >= 11 is 0. The van der Waals surface area contributed by atoms with Gasteiger partial charge in [0.05, 0.1) is 119 Å². The fourth-order valence-corrected chi connectivity index (χ4v) is 2.15. The highest BCUT2D eigenvalue weighted by molar-refractivity contribution is 4.38. The van der Waals surface area contributed by atoms with Gasteiger partial charge in [-0.3, -0.25) is 0 Å². The molecule has 0 aromatic carbocycles. The lowest BCUT2D eigenvalue weighted by Crippen LogP contribution is -2.15. The average molecular weight is 471 g/mol. The van der Waals surface area contributed by atoms with E-state index in [4.69, 9.17) is 47.4 Å². The van der Waals surface area contributed by atoms with Crippen LogP contribution in [0.3, 0.4) is 0 Å². The summed E-state index contributed by atoms with van der Waals surface area (Å²) in [7, 11) is 1.65. The molecule has 0 saturated heterocycles. The zero-order valence-corrected chi connectivity index (χ0v) is 20.2. The summed E-state index contributed by atoms with van der Waals surface area (Å²) in [6.45, 7) is 12.9. The fraction of sp³-hybridized carbons (Fsp3) is 1.00.